The molecule has 2 unspecified atom stereocenters. The summed E-state index contributed by atoms with van der Waals surface area (Å²) in [7, 11) is 1.72. The van der Waals surface area contributed by atoms with Gasteiger partial charge in [-0.05, 0) is 71.8 Å². The van der Waals surface area contributed by atoms with Gasteiger partial charge in [-0.1, -0.05) is 6.07 Å². The van der Waals surface area contributed by atoms with Crippen LogP contribution in [0.2, 0.25) is 0 Å². The van der Waals surface area contributed by atoms with Gasteiger partial charge in [0.15, 0.2) is 0 Å². The molecule has 3 nitrogen and oxygen atoms in total. The van der Waals surface area contributed by atoms with E-state index < -0.39 is 0 Å². The molecule has 120 valence electrons. The summed E-state index contributed by atoms with van der Waals surface area (Å²) in [5.41, 5.74) is 8.05. The van der Waals surface area contributed by atoms with Gasteiger partial charge in [0.1, 0.15) is 5.75 Å². The van der Waals surface area contributed by atoms with Gasteiger partial charge in [-0.3, -0.25) is 0 Å². The molecule has 0 aliphatic carbocycles. The van der Waals surface area contributed by atoms with Crippen LogP contribution in [0, 0.1) is 19.8 Å². The van der Waals surface area contributed by atoms with E-state index in [4.69, 9.17) is 4.74 Å². The van der Waals surface area contributed by atoms with Crippen molar-refractivity contribution in [2.45, 2.75) is 19.8 Å². The molecule has 3 heteroatoms. The number of ether oxygens (including phenoxy) is 1. The summed E-state index contributed by atoms with van der Waals surface area (Å²) in [6.45, 7) is 7.69. The minimum absolute atomic E-state index is 0.642. The fourth-order valence-electron chi connectivity index (χ4n) is 4.14. The maximum atomic E-state index is 5.34. The zero-order valence-electron chi connectivity index (χ0n) is 14.1. The predicted octanol–water partition coefficient (Wildman–Crippen LogP) is 3.71. The Morgan fingerprint density at radius 1 is 1.00 bits per heavy atom. The van der Waals surface area contributed by atoms with Crippen LogP contribution in [-0.2, 0) is 0 Å². The molecule has 2 atom stereocenters. The summed E-state index contributed by atoms with van der Waals surface area (Å²) < 4.78 is 5.34. The first-order chi connectivity index (χ1) is 11.2. The third kappa shape index (κ3) is 2.40. The highest BCUT2D eigenvalue weighted by atomic mass is 16.5. The monoisotopic (exact) mass is 308 g/mol. The third-order valence-corrected chi connectivity index (χ3v) is 5.39. The number of methoxy groups -OCH3 is 1. The first-order valence-corrected chi connectivity index (χ1v) is 8.41. The van der Waals surface area contributed by atoms with Gasteiger partial charge >= 0.3 is 0 Å². The number of anilines is 1. The number of hydrogen-bond acceptors (Lipinski definition) is 3. The molecule has 23 heavy (non-hydrogen) atoms. The normalized spacial score (nSPS) is 22.2. The number of hydrogen-bond donors (Lipinski definition) is 2. The molecule has 4 rings (SSSR count). The Balaban J connectivity index is 1.82. The second-order valence-corrected chi connectivity index (χ2v) is 6.84. The van der Waals surface area contributed by atoms with Crippen LogP contribution < -0.4 is 15.4 Å². The number of benzene rings is 2. The van der Waals surface area contributed by atoms with Crippen LogP contribution in [-0.4, -0.2) is 26.7 Å². The topological polar surface area (TPSA) is 33.3 Å². The molecule has 2 aromatic rings. The average molecular weight is 308 g/mol. The van der Waals surface area contributed by atoms with E-state index in [-0.39, 0.29) is 0 Å². The number of aryl methyl sites for hydroxylation is 2. The highest BCUT2D eigenvalue weighted by Crippen LogP contribution is 2.42. The van der Waals surface area contributed by atoms with Crippen LogP contribution >= 0.6 is 0 Å². The Hall–Kier alpha value is -2.00. The molecule has 1 saturated heterocycles. The summed E-state index contributed by atoms with van der Waals surface area (Å²) in [6, 6.07) is 11.0. The highest BCUT2D eigenvalue weighted by molar-refractivity contribution is 5.75. The van der Waals surface area contributed by atoms with Crippen LogP contribution in [0.5, 0.6) is 5.75 Å². The Morgan fingerprint density at radius 2 is 1.87 bits per heavy atom. The van der Waals surface area contributed by atoms with Crippen LogP contribution in [0.3, 0.4) is 0 Å². The van der Waals surface area contributed by atoms with Gasteiger partial charge in [0.2, 0.25) is 0 Å². The second kappa shape index (κ2) is 5.57. The fourth-order valence-corrected chi connectivity index (χ4v) is 4.14. The van der Waals surface area contributed by atoms with E-state index in [0.717, 1.165) is 25.4 Å². The van der Waals surface area contributed by atoms with E-state index in [1.54, 1.807) is 7.11 Å². The van der Waals surface area contributed by atoms with E-state index >= 15 is 0 Å². The lowest BCUT2D eigenvalue weighted by atomic mass is 9.81. The van der Waals surface area contributed by atoms with E-state index in [2.05, 4.69) is 54.8 Å². The summed E-state index contributed by atoms with van der Waals surface area (Å²) in [4.78, 5) is 0. The summed E-state index contributed by atoms with van der Waals surface area (Å²) in [5, 5.41) is 7.21. The molecule has 0 radical (unpaired) electrons. The maximum absolute atomic E-state index is 5.34. The number of nitrogens with one attached hydrogen (secondary N) is 2. The van der Waals surface area contributed by atoms with Crippen LogP contribution in [0.4, 0.5) is 5.69 Å². The highest BCUT2D eigenvalue weighted by Gasteiger charge is 2.34. The van der Waals surface area contributed by atoms with Crippen molar-refractivity contribution in [3.05, 3.63) is 47.0 Å². The summed E-state index contributed by atoms with van der Waals surface area (Å²) in [6.07, 6.45) is 0. The Kier molecular flexibility index (Phi) is 3.53. The number of fused-ring (bicyclic) bond motifs is 3. The molecule has 2 aliphatic heterocycles. The number of rotatable bonds is 2. The van der Waals surface area contributed by atoms with E-state index in [9.17, 15) is 0 Å². The minimum Gasteiger partial charge on any atom is -0.497 e. The smallest absolute Gasteiger partial charge is 0.119 e. The fraction of sp³-hybridized carbons (Fsp3) is 0.400. The zero-order chi connectivity index (χ0) is 16.0. The Bertz CT molecular complexity index is 754. The van der Waals surface area contributed by atoms with Crippen molar-refractivity contribution in [2.75, 3.05) is 32.1 Å². The van der Waals surface area contributed by atoms with Gasteiger partial charge in [0, 0.05) is 31.2 Å². The molecule has 2 aromatic carbocycles. The van der Waals surface area contributed by atoms with Gasteiger partial charge in [-0.25, -0.2) is 0 Å². The molecular weight excluding hydrogens is 284 g/mol. The van der Waals surface area contributed by atoms with Gasteiger partial charge in [0.05, 0.1) is 7.11 Å². The van der Waals surface area contributed by atoms with Gasteiger partial charge in [-0.2, -0.15) is 0 Å². The lowest BCUT2D eigenvalue weighted by molar-refractivity contribution is 0.414. The Labute approximate surface area is 138 Å². The predicted molar refractivity (Wildman–Crippen MR) is 95.5 cm³/mol. The second-order valence-electron chi connectivity index (χ2n) is 6.84. The first kappa shape index (κ1) is 14.6. The van der Waals surface area contributed by atoms with E-state index in [0.29, 0.717) is 11.8 Å². The van der Waals surface area contributed by atoms with Crippen molar-refractivity contribution in [2.24, 2.45) is 5.92 Å². The van der Waals surface area contributed by atoms with Crippen molar-refractivity contribution < 1.29 is 4.74 Å². The van der Waals surface area contributed by atoms with E-state index in [1.807, 2.05) is 0 Å². The maximum Gasteiger partial charge on any atom is 0.119 e. The standard InChI is InChI=1S/C20H24N2O/c1-12-7-16(23-3)4-5-17(12)14-6-13(2)20-18(8-14)19-11-21-9-15(19)10-22-20/h4-8,15,19,21-22H,9-11H2,1-3H3. The van der Waals surface area contributed by atoms with Crippen molar-refractivity contribution in [1.29, 1.82) is 0 Å². The first-order valence-electron chi connectivity index (χ1n) is 8.41. The third-order valence-electron chi connectivity index (χ3n) is 5.39. The van der Waals surface area contributed by atoms with Crippen LogP contribution in [0.25, 0.3) is 11.1 Å². The molecule has 0 aromatic heterocycles. The largest absolute Gasteiger partial charge is 0.497 e. The van der Waals surface area contributed by atoms with Gasteiger partial charge in [0.25, 0.3) is 0 Å². The molecule has 0 spiro atoms. The SMILES string of the molecule is COc1ccc(-c2cc(C)c3c(c2)C2CNCC2CN3)c(C)c1. The Morgan fingerprint density at radius 3 is 2.65 bits per heavy atom. The molecule has 2 aliphatic rings. The van der Waals surface area contributed by atoms with Crippen LogP contribution in [0.1, 0.15) is 22.6 Å². The summed E-state index contributed by atoms with van der Waals surface area (Å²) in [5.74, 6) is 2.28. The van der Waals surface area contributed by atoms with Crippen LogP contribution in [0.15, 0.2) is 30.3 Å². The molecule has 2 N–H and O–H groups in total. The van der Waals surface area contributed by atoms with Crippen molar-refractivity contribution in [3.8, 4) is 16.9 Å². The molecule has 0 bridgehead atoms. The van der Waals surface area contributed by atoms with Crippen molar-refractivity contribution in [1.82, 2.24) is 5.32 Å². The lowest BCUT2D eigenvalue weighted by Crippen LogP contribution is -2.27. The average Bonchev–Trinajstić information content (AvgIpc) is 3.03. The van der Waals surface area contributed by atoms with E-state index in [1.165, 1.54) is 33.5 Å². The lowest BCUT2D eigenvalue weighted by Gasteiger charge is -2.31. The van der Waals surface area contributed by atoms with Crippen molar-refractivity contribution >= 4 is 5.69 Å². The van der Waals surface area contributed by atoms with Gasteiger partial charge < -0.3 is 15.4 Å². The zero-order valence-corrected chi connectivity index (χ0v) is 14.1. The van der Waals surface area contributed by atoms with Gasteiger partial charge in [-0.15, -0.1) is 0 Å². The minimum atomic E-state index is 0.642. The molecule has 0 saturated carbocycles. The molecule has 1 fully saturated rings. The summed E-state index contributed by atoms with van der Waals surface area (Å²) >= 11 is 0. The molecular formula is C20H24N2O. The van der Waals surface area contributed by atoms with Crippen molar-refractivity contribution in [3.63, 3.8) is 0 Å². The molecule has 2 heterocycles. The quantitative estimate of drug-likeness (QED) is 0.887. The molecule has 0 amide bonds.